The first-order valence-corrected chi connectivity index (χ1v) is 10.5. The SMILES string of the molecule is Cc1ccc([N+](=O)[O-])cc1S(=O)(=O)Nc1ccccc1Cc1nc(C2CC2)no1. The van der Waals surface area contributed by atoms with Crippen LogP contribution in [0, 0.1) is 17.0 Å². The van der Waals surface area contributed by atoms with E-state index in [0.717, 1.165) is 18.9 Å². The lowest BCUT2D eigenvalue weighted by molar-refractivity contribution is -0.385. The number of nitrogens with one attached hydrogen (secondary N) is 1. The van der Waals surface area contributed by atoms with Crippen LogP contribution in [0.15, 0.2) is 51.9 Å². The van der Waals surface area contributed by atoms with E-state index in [2.05, 4.69) is 14.9 Å². The highest BCUT2D eigenvalue weighted by Gasteiger charge is 2.29. The Morgan fingerprint density at radius 1 is 1.24 bits per heavy atom. The summed E-state index contributed by atoms with van der Waals surface area (Å²) >= 11 is 0. The Balaban J connectivity index is 1.62. The molecule has 0 aliphatic heterocycles. The van der Waals surface area contributed by atoms with Gasteiger partial charge in [0.1, 0.15) is 0 Å². The van der Waals surface area contributed by atoms with Gasteiger partial charge in [0.2, 0.25) is 5.89 Å². The molecule has 0 saturated heterocycles. The first kappa shape index (κ1) is 19.1. The van der Waals surface area contributed by atoms with Gasteiger partial charge < -0.3 is 4.52 Å². The molecule has 29 heavy (non-hydrogen) atoms. The number of anilines is 1. The number of nitrogens with zero attached hydrogens (tertiary/aromatic N) is 3. The molecule has 1 aliphatic carbocycles. The van der Waals surface area contributed by atoms with E-state index in [-0.39, 0.29) is 17.0 Å². The van der Waals surface area contributed by atoms with Gasteiger partial charge in [-0.05, 0) is 37.0 Å². The van der Waals surface area contributed by atoms with E-state index in [1.54, 1.807) is 31.2 Å². The summed E-state index contributed by atoms with van der Waals surface area (Å²) < 4.78 is 33.7. The average Bonchev–Trinajstić information content (AvgIpc) is 3.42. The van der Waals surface area contributed by atoms with Crippen LogP contribution in [-0.4, -0.2) is 23.5 Å². The smallest absolute Gasteiger partial charge is 0.270 e. The maximum atomic E-state index is 12.9. The van der Waals surface area contributed by atoms with Gasteiger partial charge in [0.05, 0.1) is 21.9 Å². The van der Waals surface area contributed by atoms with Crippen molar-refractivity contribution in [3.63, 3.8) is 0 Å². The predicted octanol–water partition coefficient (Wildman–Crippen LogP) is 3.56. The van der Waals surface area contributed by atoms with E-state index in [4.69, 9.17) is 4.52 Å². The lowest BCUT2D eigenvalue weighted by atomic mass is 10.1. The van der Waals surface area contributed by atoms with Crippen molar-refractivity contribution in [3.05, 3.63) is 75.4 Å². The van der Waals surface area contributed by atoms with Crippen LogP contribution < -0.4 is 4.72 Å². The number of para-hydroxylation sites is 1. The molecule has 0 radical (unpaired) electrons. The Morgan fingerprint density at radius 3 is 2.72 bits per heavy atom. The molecule has 4 rings (SSSR count). The zero-order valence-corrected chi connectivity index (χ0v) is 16.3. The topological polar surface area (TPSA) is 128 Å². The average molecular weight is 414 g/mol. The minimum Gasteiger partial charge on any atom is -0.339 e. The van der Waals surface area contributed by atoms with Crippen LogP contribution in [-0.2, 0) is 16.4 Å². The van der Waals surface area contributed by atoms with E-state index < -0.39 is 14.9 Å². The summed E-state index contributed by atoms with van der Waals surface area (Å²) in [6, 6.07) is 10.6. The number of hydrogen-bond donors (Lipinski definition) is 1. The third-order valence-electron chi connectivity index (χ3n) is 4.70. The van der Waals surface area contributed by atoms with Crippen LogP contribution in [0.3, 0.4) is 0 Å². The molecule has 0 atom stereocenters. The van der Waals surface area contributed by atoms with Gasteiger partial charge in [-0.15, -0.1) is 0 Å². The molecule has 1 heterocycles. The summed E-state index contributed by atoms with van der Waals surface area (Å²) in [5.41, 5.74) is 1.13. The highest BCUT2D eigenvalue weighted by atomic mass is 32.2. The molecule has 0 bridgehead atoms. The molecule has 2 aromatic carbocycles. The largest absolute Gasteiger partial charge is 0.339 e. The van der Waals surface area contributed by atoms with Crippen molar-refractivity contribution in [2.75, 3.05) is 4.72 Å². The molecular weight excluding hydrogens is 396 g/mol. The molecule has 1 aromatic heterocycles. The minimum atomic E-state index is -4.03. The van der Waals surface area contributed by atoms with Gasteiger partial charge in [0, 0.05) is 18.1 Å². The van der Waals surface area contributed by atoms with E-state index in [9.17, 15) is 18.5 Å². The zero-order valence-electron chi connectivity index (χ0n) is 15.5. The number of non-ortho nitro benzene ring substituents is 1. The number of aryl methyl sites for hydroxylation is 1. The first-order chi connectivity index (χ1) is 13.8. The summed E-state index contributed by atoms with van der Waals surface area (Å²) in [7, 11) is -4.03. The molecule has 1 aliphatic rings. The zero-order chi connectivity index (χ0) is 20.6. The Kier molecular flexibility index (Phi) is 4.79. The highest BCUT2D eigenvalue weighted by molar-refractivity contribution is 7.92. The standard InChI is InChI=1S/C19H18N4O5S/c1-12-6-9-15(23(24)25)11-17(12)29(26,27)22-16-5-3-2-4-14(16)10-18-20-19(21-28-18)13-7-8-13/h2-6,9,11,13,22H,7-8,10H2,1H3. The second-order valence-corrected chi connectivity index (χ2v) is 8.62. The van der Waals surface area contributed by atoms with Crippen molar-refractivity contribution < 1.29 is 17.9 Å². The molecule has 1 N–H and O–H groups in total. The van der Waals surface area contributed by atoms with E-state index in [0.29, 0.717) is 34.4 Å². The Hall–Kier alpha value is -3.27. The summed E-state index contributed by atoms with van der Waals surface area (Å²) in [5, 5.41) is 15.0. The fourth-order valence-electron chi connectivity index (χ4n) is 2.98. The van der Waals surface area contributed by atoms with Crippen molar-refractivity contribution in [3.8, 4) is 0 Å². The van der Waals surface area contributed by atoms with E-state index in [1.807, 2.05) is 0 Å². The predicted molar refractivity (Wildman–Crippen MR) is 104 cm³/mol. The fraction of sp³-hybridized carbons (Fsp3) is 0.263. The highest BCUT2D eigenvalue weighted by Crippen LogP contribution is 2.38. The lowest BCUT2D eigenvalue weighted by Crippen LogP contribution is -2.16. The summed E-state index contributed by atoms with van der Waals surface area (Å²) in [5.74, 6) is 1.45. The number of nitro groups is 1. The molecule has 0 unspecified atom stereocenters. The normalized spacial score (nSPS) is 14.0. The second-order valence-electron chi connectivity index (χ2n) is 6.97. The number of rotatable bonds is 7. The Morgan fingerprint density at radius 2 is 2.00 bits per heavy atom. The maximum Gasteiger partial charge on any atom is 0.270 e. The third kappa shape index (κ3) is 4.11. The quantitative estimate of drug-likeness (QED) is 0.462. The molecule has 3 aromatic rings. The van der Waals surface area contributed by atoms with Crippen LogP contribution in [0.1, 0.15) is 41.6 Å². The third-order valence-corrected chi connectivity index (χ3v) is 6.21. The van der Waals surface area contributed by atoms with Crippen molar-refractivity contribution in [2.24, 2.45) is 0 Å². The van der Waals surface area contributed by atoms with Gasteiger partial charge in [-0.25, -0.2) is 8.42 Å². The molecule has 0 spiro atoms. The lowest BCUT2D eigenvalue weighted by Gasteiger charge is -2.13. The molecule has 9 nitrogen and oxygen atoms in total. The molecule has 10 heteroatoms. The Bertz CT molecular complexity index is 1180. The van der Waals surface area contributed by atoms with Crippen molar-refractivity contribution >= 4 is 21.4 Å². The van der Waals surface area contributed by atoms with Crippen LogP contribution in [0.5, 0.6) is 0 Å². The molecule has 1 saturated carbocycles. The monoisotopic (exact) mass is 414 g/mol. The molecule has 0 amide bonds. The summed E-state index contributed by atoms with van der Waals surface area (Å²) in [4.78, 5) is 14.6. The second kappa shape index (κ2) is 7.28. The molecule has 1 fully saturated rings. The number of hydrogen-bond acceptors (Lipinski definition) is 7. The van der Waals surface area contributed by atoms with Gasteiger partial charge in [0.15, 0.2) is 5.82 Å². The van der Waals surface area contributed by atoms with Gasteiger partial charge in [0.25, 0.3) is 15.7 Å². The first-order valence-electron chi connectivity index (χ1n) is 9.02. The maximum absolute atomic E-state index is 12.9. The van der Waals surface area contributed by atoms with Gasteiger partial charge in [-0.1, -0.05) is 29.4 Å². The van der Waals surface area contributed by atoms with Crippen molar-refractivity contribution in [1.82, 2.24) is 10.1 Å². The fourth-order valence-corrected chi connectivity index (χ4v) is 4.34. The number of aromatic nitrogens is 2. The minimum absolute atomic E-state index is 0.143. The van der Waals surface area contributed by atoms with Crippen LogP contribution in [0.4, 0.5) is 11.4 Å². The van der Waals surface area contributed by atoms with Gasteiger partial charge in [-0.3, -0.25) is 14.8 Å². The summed E-state index contributed by atoms with van der Waals surface area (Å²) in [6.07, 6.45) is 2.38. The van der Waals surface area contributed by atoms with Crippen molar-refractivity contribution in [2.45, 2.75) is 37.0 Å². The van der Waals surface area contributed by atoms with E-state index in [1.165, 1.54) is 12.1 Å². The summed E-state index contributed by atoms with van der Waals surface area (Å²) in [6.45, 7) is 1.59. The van der Waals surface area contributed by atoms with Crippen molar-refractivity contribution in [1.29, 1.82) is 0 Å². The van der Waals surface area contributed by atoms with Crippen LogP contribution in [0.2, 0.25) is 0 Å². The van der Waals surface area contributed by atoms with Crippen LogP contribution >= 0.6 is 0 Å². The molecule has 150 valence electrons. The van der Waals surface area contributed by atoms with Gasteiger partial charge >= 0.3 is 0 Å². The number of benzene rings is 2. The molecular formula is C19H18N4O5S. The van der Waals surface area contributed by atoms with Crippen LogP contribution in [0.25, 0.3) is 0 Å². The Labute approximate surface area is 167 Å². The van der Waals surface area contributed by atoms with Gasteiger partial charge in [-0.2, -0.15) is 4.98 Å². The number of sulfonamides is 1. The number of nitro benzene ring substituents is 1. The van der Waals surface area contributed by atoms with E-state index >= 15 is 0 Å².